The Morgan fingerprint density at radius 2 is 1.36 bits per heavy atom. The van der Waals surface area contributed by atoms with Crippen LogP contribution in [0.15, 0.2) is 169 Å². The molecule has 2 aliphatic rings. The quantitative estimate of drug-likeness (QED) is 0.0220. The molecule has 10 atom stereocenters. The summed E-state index contributed by atoms with van der Waals surface area (Å²) in [5.74, 6) is 0.0215. The SMILES string of the molecule is COc1ccc(C(OC[C@H]2O[C@@H](n3cnc4c(NC(=O)c5ccccc5)ncnc43)[C@H](F)[C@@H]2OP(=S)(OCCC#N)OC[C@H]2O[C@@H](n3ccc(C(C)=NC(=O)c4ccccc4)c3N)[C@H](F)[C@@H]2O[P+](=O)O)(c2ccccc2)c2ccc(OC)cc2)cc1. The molecule has 2 aliphatic heterocycles. The van der Waals surface area contributed by atoms with Crippen LogP contribution in [0.2, 0.25) is 0 Å². The monoisotopic (exact) mass is 1230 g/mol. The molecule has 2 fully saturated rings. The predicted molar refractivity (Wildman–Crippen MR) is 313 cm³/mol. The number of hydrogen-bond acceptors (Lipinski definition) is 18. The number of nitrogens with two attached hydrogens (primary N) is 1. The number of alkyl halides is 2. The fourth-order valence-electron chi connectivity index (χ4n) is 10.1. The molecule has 86 heavy (non-hydrogen) atoms. The lowest BCUT2D eigenvalue weighted by molar-refractivity contribution is -0.0932. The van der Waals surface area contributed by atoms with E-state index in [1.165, 1.54) is 34.1 Å². The van der Waals surface area contributed by atoms with Crippen LogP contribution in [0.3, 0.4) is 0 Å². The van der Waals surface area contributed by atoms with Crippen LogP contribution in [0, 0.1) is 11.3 Å². The number of anilines is 2. The Hall–Kier alpha value is -8.08. The number of rotatable bonds is 24. The topological polar surface area (TPSA) is 277 Å². The summed E-state index contributed by atoms with van der Waals surface area (Å²) in [6, 6.07) is 43.9. The highest BCUT2D eigenvalue weighted by molar-refractivity contribution is 8.07. The highest BCUT2D eigenvalue weighted by Gasteiger charge is 2.55. The van der Waals surface area contributed by atoms with Crippen molar-refractivity contribution in [2.24, 2.45) is 4.99 Å². The summed E-state index contributed by atoms with van der Waals surface area (Å²) in [6.07, 6.45) is -10.6. The molecule has 0 aliphatic carbocycles. The third-order valence-electron chi connectivity index (χ3n) is 14.3. The van der Waals surface area contributed by atoms with Gasteiger partial charge in [0.05, 0.1) is 58.6 Å². The van der Waals surface area contributed by atoms with E-state index in [2.05, 4.69) is 25.3 Å². The maximum Gasteiger partial charge on any atom is 0.695 e. The number of carbonyl (C=O) groups excluding carboxylic acids is 2. The van der Waals surface area contributed by atoms with Gasteiger partial charge in [0.25, 0.3) is 11.8 Å². The molecule has 444 valence electrons. The Labute approximate surface area is 497 Å². The number of amides is 2. The lowest BCUT2D eigenvalue weighted by Crippen LogP contribution is -2.40. The molecule has 2 amide bonds. The van der Waals surface area contributed by atoms with E-state index in [0.717, 1.165) is 0 Å². The van der Waals surface area contributed by atoms with Crippen molar-refractivity contribution in [3.8, 4) is 17.6 Å². The fourth-order valence-corrected chi connectivity index (χ4v) is 12.7. The minimum atomic E-state index is -4.41. The van der Waals surface area contributed by atoms with Gasteiger partial charge in [0, 0.05) is 27.5 Å². The molecular formula is C59H56F2N9O13P2S+. The lowest BCUT2D eigenvalue weighted by atomic mass is 9.80. The smallest absolute Gasteiger partial charge is 0.497 e. The summed E-state index contributed by atoms with van der Waals surface area (Å²) in [4.78, 5) is 53.7. The lowest BCUT2D eigenvalue weighted by Gasteiger charge is -2.37. The number of benzene rings is 5. The van der Waals surface area contributed by atoms with E-state index in [0.29, 0.717) is 39.3 Å². The number of nitriles is 1. The Morgan fingerprint density at radius 3 is 1.97 bits per heavy atom. The van der Waals surface area contributed by atoms with Gasteiger partial charge in [-0.1, -0.05) is 91.0 Å². The van der Waals surface area contributed by atoms with Crippen molar-refractivity contribution < 1.29 is 69.6 Å². The Morgan fingerprint density at radius 1 is 0.791 bits per heavy atom. The number of nitrogens with one attached hydrogen (secondary N) is 1. The van der Waals surface area contributed by atoms with E-state index in [1.807, 2.05) is 60.7 Å². The molecule has 5 heterocycles. The number of methoxy groups -OCH3 is 2. The van der Waals surface area contributed by atoms with Gasteiger partial charge in [-0.3, -0.25) is 18.7 Å². The fraction of sp³-hybridized carbons (Fsp3) is 0.271. The average molecular weight is 1230 g/mol. The van der Waals surface area contributed by atoms with Crippen molar-refractivity contribution >= 4 is 67.1 Å². The molecule has 0 spiro atoms. The summed E-state index contributed by atoms with van der Waals surface area (Å²) in [7, 11) is -0.381. The van der Waals surface area contributed by atoms with Crippen LogP contribution >= 0.6 is 15.0 Å². The number of halogens is 2. The number of aliphatic imine (C=N–C) groups is 1. The summed E-state index contributed by atoms with van der Waals surface area (Å²) in [5.41, 5.74) is 8.23. The predicted octanol–water partition coefficient (Wildman–Crippen LogP) is 9.90. The molecule has 2 unspecified atom stereocenters. The number of hydrogen-bond donors (Lipinski definition) is 3. The molecule has 0 saturated carbocycles. The largest absolute Gasteiger partial charge is 0.695 e. The van der Waals surface area contributed by atoms with Crippen molar-refractivity contribution in [3.05, 3.63) is 198 Å². The van der Waals surface area contributed by atoms with Crippen molar-refractivity contribution in [2.45, 2.75) is 68.2 Å². The molecule has 3 aromatic heterocycles. The van der Waals surface area contributed by atoms with Gasteiger partial charge in [0.2, 0.25) is 0 Å². The van der Waals surface area contributed by atoms with E-state index in [-0.39, 0.29) is 40.5 Å². The maximum absolute atomic E-state index is 18.2. The third-order valence-corrected chi connectivity index (χ3v) is 17.1. The zero-order valence-electron chi connectivity index (χ0n) is 46.1. The normalized spacial score (nSPS) is 21.4. The first-order chi connectivity index (χ1) is 41.6. The summed E-state index contributed by atoms with van der Waals surface area (Å²) >= 11 is 6.05. The van der Waals surface area contributed by atoms with Gasteiger partial charge in [-0.05, 0) is 90.0 Å². The zero-order valence-corrected chi connectivity index (χ0v) is 48.8. The Balaban J connectivity index is 0.998. The Kier molecular flexibility index (Phi) is 19.2. The summed E-state index contributed by atoms with van der Waals surface area (Å²) < 4.78 is 105. The number of carbonyl (C=O) groups is 2. The van der Waals surface area contributed by atoms with Gasteiger partial charge in [0.15, 0.2) is 47.9 Å². The second-order valence-corrected chi connectivity index (χ2v) is 23.1. The van der Waals surface area contributed by atoms with E-state index < -0.39 is 101 Å². The van der Waals surface area contributed by atoms with Gasteiger partial charge in [-0.25, -0.2) is 28.7 Å². The number of imidazole rings is 1. The molecule has 4 N–H and O–H groups in total. The molecule has 0 radical (unpaired) electrons. The van der Waals surface area contributed by atoms with E-state index in [1.54, 1.807) is 106 Å². The zero-order chi connectivity index (χ0) is 60.5. The van der Waals surface area contributed by atoms with Gasteiger partial charge in [-0.15, -0.1) is 9.42 Å². The number of nitrogen functional groups attached to an aromatic ring is 1. The van der Waals surface area contributed by atoms with Gasteiger partial charge < -0.3 is 48.3 Å². The van der Waals surface area contributed by atoms with Crippen LogP contribution in [-0.2, 0) is 54.3 Å². The second kappa shape index (κ2) is 27.1. The molecular weight excluding hydrogens is 1170 g/mol. The van der Waals surface area contributed by atoms with Crippen LogP contribution in [0.5, 0.6) is 11.5 Å². The van der Waals surface area contributed by atoms with Crippen LogP contribution in [0.4, 0.5) is 20.4 Å². The first-order valence-corrected chi connectivity index (χ1v) is 30.3. The highest BCUT2D eigenvalue weighted by atomic mass is 32.5. The maximum atomic E-state index is 18.2. The van der Waals surface area contributed by atoms with E-state index in [4.69, 9.17) is 59.3 Å². The third kappa shape index (κ3) is 13.0. The molecule has 10 rings (SSSR count). The average Bonchev–Trinajstić information content (AvgIpc) is 2.34. The first kappa shape index (κ1) is 61.0. The van der Waals surface area contributed by atoms with Crippen LogP contribution in [0.25, 0.3) is 11.2 Å². The van der Waals surface area contributed by atoms with E-state index in [9.17, 15) is 24.3 Å². The van der Waals surface area contributed by atoms with Crippen molar-refractivity contribution in [1.29, 1.82) is 5.26 Å². The Bertz CT molecular complexity index is 3770. The molecule has 27 heteroatoms. The minimum absolute atomic E-state index is 0.0178. The number of aromatic nitrogens is 5. The molecule has 5 aromatic carbocycles. The first-order valence-electron chi connectivity index (χ1n) is 26.7. The van der Waals surface area contributed by atoms with Crippen LogP contribution < -0.4 is 20.5 Å². The van der Waals surface area contributed by atoms with Crippen molar-refractivity contribution in [1.82, 2.24) is 24.1 Å². The van der Waals surface area contributed by atoms with E-state index >= 15 is 8.78 Å². The van der Waals surface area contributed by atoms with Crippen LogP contribution in [-0.4, -0.2) is 117 Å². The van der Waals surface area contributed by atoms with Gasteiger partial charge in [0.1, 0.15) is 47.6 Å². The summed E-state index contributed by atoms with van der Waals surface area (Å²) in [6.45, 7) is -4.46. The minimum Gasteiger partial charge on any atom is -0.497 e. The summed E-state index contributed by atoms with van der Waals surface area (Å²) in [5, 5.41) is 12.4. The molecule has 0 bridgehead atoms. The highest BCUT2D eigenvalue weighted by Crippen LogP contribution is 2.56. The number of ether oxygens (including phenoxy) is 5. The molecule has 22 nitrogen and oxygen atoms in total. The van der Waals surface area contributed by atoms with Crippen molar-refractivity contribution in [2.75, 3.05) is 45.1 Å². The van der Waals surface area contributed by atoms with Gasteiger partial charge >= 0.3 is 15.0 Å². The van der Waals surface area contributed by atoms with Crippen molar-refractivity contribution in [3.63, 3.8) is 0 Å². The molecule has 8 aromatic rings. The number of fused-ring (bicyclic) bond motifs is 1. The number of nitrogens with zero attached hydrogens (tertiary/aromatic N) is 7. The van der Waals surface area contributed by atoms with Gasteiger partial charge in [-0.2, -0.15) is 5.26 Å². The molecule has 2 saturated heterocycles. The second-order valence-electron chi connectivity index (χ2n) is 19.5. The standard InChI is InChI=1S/C59H55F2N9O13P2S/c1-36(67-55(71)37-14-7-4-8-15-37)44-28-30-69(52(44)63)57-47(60)50(82-84(73)74)46(81-57)33-79-85(86,78-31-13-29-62)83-51-45(80-58(48(51)61)70-35-66-49-53(64-34-65-54(49)70)68-56(72)38-16-9-5-10-17-38)32-77-59(39-18-11-6-12-19-39,40-20-24-42(75-2)25-21-40)41-22-26-43(76-3)27-23-41/h4-12,14-28,30,34-35,45-48,50-51,57-58H,13,31-33H2,1-3H3,(H3-,63,64,65,67,68,71,72,73,74)/p+1/t45-,46-,47-,48-,50-,51-,57-,58-,85?/m1/s1. The van der Waals surface area contributed by atoms with Crippen LogP contribution in [0.1, 0.15) is 68.8 Å².